The third kappa shape index (κ3) is 2.30. The zero-order valence-electron chi connectivity index (χ0n) is 11.2. The SMILES string of the molecule is Cc1ccccc1S(=O)(=O)N1CCN2CCCC2C1. The number of fused-ring (bicyclic) bond motifs is 1. The lowest BCUT2D eigenvalue weighted by Crippen LogP contribution is -2.51. The molecule has 0 aromatic heterocycles. The quantitative estimate of drug-likeness (QED) is 0.823. The molecule has 2 heterocycles. The zero-order valence-corrected chi connectivity index (χ0v) is 12.1. The lowest BCUT2D eigenvalue weighted by Gasteiger charge is -2.36. The average molecular weight is 280 g/mol. The van der Waals surface area contributed by atoms with Crippen molar-refractivity contribution in [1.82, 2.24) is 9.21 Å². The highest BCUT2D eigenvalue weighted by molar-refractivity contribution is 7.89. The molecule has 0 saturated carbocycles. The summed E-state index contributed by atoms with van der Waals surface area (Å²) in [5, 5.41) is 0. The van der Waals surface area contributed by atoms with E-state index in [4.69, 9.17) is 0 Å². The number of aryl methyl sites for hydroxylation is 1. The number of hydrogen-bond donors (Lipinski definition) is 0. The Kier molecular flexibility index (Phi) is 3.37. The Balaban J connectivity index is 1.87. The van der Waals surface area contributed by atoms with Crippen LogP contribution in [-0.4, -0.2) is 49.8 Å². The van der Waals surface area contributed by atoms with Gasteiger partial charge < -0.3 is 0 Å². The highest BCUT2D eigenvalue weighted by atomic mass is 32.2. The van der Waals surface area contributed by atoms with Crippen LogP contribution in [0.5, 0.6) is 0 Å². The molecule has 0 amide bonds. The van der Waals surface area contributed by atoms with Crippen molar-refractivity contribution >= 4 is 10.0 Å². The molecule has 1 aromatic carbocycles. The summed E-state index contributed by atoms with van der Waals surface area (Å²) < 4.78 is 27.1. The Bertz CT molecular complexity index is 571. The van der Waals surface area contributed by atoms with E-state index in [0.717, 1.165) is 25.1 Å². The van der Waals surface area contributed by atoms with Crippen molar-refractivity contribution in [2.24, 2.45) is 0 Å². The van der Waals surface area contributed by atoms with Crippen molar-refractivity contribution in [3.8, 4) is 0 Å². The van der Waals surface area contributed by atoms with Gasteiger partial charge in [0.1, 0.15) is 0 Å². The number of sulfonamides is 1. The molecule has 19 heavy (non-hydrogen) atoms. The van der Waals surface area contributed by atoms with Crippen LogP contribution in [0.4, 0.5) is 0 Å². The molecule has 1 unspecified atom stereocenters. The number of rotatable bonds is 2. The van der Waals surface area contributed by atoms with Crippen LogP contribution in [0.15, 0.2) is 29.2 Å². The molecule has 5 heteroatoms. The van der Waals surface area contributed by atoms with Gasteiger partial charge in [0.05, 0.1) is 4.90 Å². The second-order valence-corrected chi connectivity index (χ2v) is 7.37. The van der Waals surface area contributed by atoms with Crippen LogP contribution >= 0.6 is 0 Å². The third-order valence-electron chi connectivity index (χ3n) is 4.26. The molecule has 2 saturated heterocycles. The number of piperazine rings is 1. The van der Waals surface area contributed by atoms with Crippen molar-refractivity contribution in [3.63, 3.8) is 0 Å². The monoisotopic (exact) mass is 280 g/mol. The molecule has 1 aromatic rings. The lowest BCUT2D eigenvalue weighted by atomic mass is 10.2. The summed E-state index contributed by atoms with van der Waals surface area (Å²) in [7, 11) is -3.32. The molecular formula is C14H20N2O2S. The summed E-state index contributed by atoms with van der Waals surface area (Å²) in [6.45, 7) is 5.13. The van der Waals surface area contributed by atoms with Crippen LogP contribution in [0.2, 0.25) is 0 Å². The second-order valence-electron chi connectivity index (χ2n) is 5.46. The maximum atomic E-state index is 12.7. The smallest absolute Gasteiger partial charge is 0.243 e. The van der Waals surface area contributed by atoms with Crippen molar-refractivity contribution in [2.75, 3.05) is 26.2 Å². The van der Waals surface area contributed by atoms with E-state index < -0.39 is 10.0 Å². The van der Waals surface area contributed by atoms with E-state index in [1.807, 2.05) is 19.1 Å². The van der Waals surface area contributed by atoms with Crippen molar-refractivity contribution < 1.29 is 8.42 Å². The molecule has 0 radical (unpaired) electrons. The Morgan fingerprint density at radius 1 is 1.16 bits per heavy atom. The Morgan fingerprint density at radius 3 is 2.74 bits per heavy atom. The zero-order chi connectivity index (χ0) is 13.5. The highest BCUT2D eigenvalue weighted by Gasteiger charge is 2.36. The van der Waals surface area contributed by atoms with E-state index in [2.05, 4.69) is 4.90 Å². The summed E-state index contributed by atoms with van der Waals surface area (Å²) in [5.41, 5.74) is 0.830. The molecule has 4 nitrogen and oxygen atoms in total. The topological polar surface area (TPSA) is 40.6 Å². The van der Waals surface area contributed by atoms with Gasteiger partial charge in [0.2, 0.25) is 10.0 Å². The van der Waals surface area contributed by atoms with Gasteiger partial charge in [-0.15, -0.1) is 0 Å². The minimum atomic E-state index is -3.32. The van der Waals surface area contributed by atoms with Gasteiger partial charge in [-0.05, 0) is 37.9 Å². The maximum absolute atomic E-state index is 12.7. The van der Waals surface area contributed by atoms with Crippen molar-refractivity contribution in [3.05, 3.63) is 29.8 Å². The number of benzene rings is 1. The molecule has 1 atom stereocenters. The Labute approximate surface area is 115 Å². The van der Waals surface area contributed by atoms with E-state index in [0.29, 0.717) is 24.0 Å². The summed E-state index contributed by atoms with van der Waals surface area (Å²) in [4.78, 5) is 2.88. The van der Waals surface area contributed by atoms with E-state index in [1.165, 1.54) is 6.42 Å². The second kappa shape index (κ2) is 4.89. The average Bonchev–Trinajstić information content (AvgIpc) is 2.86. The fourth-order valence-electron chi connectivity index (χ4n) is 3.17. The molecule has 3 rings (SSSR count). The molecular weight excluding hydrogens is 260 g/mol. The van der Waals surface area contributed by atoms with E-state index in [-0.39, 0.29) is 0 Å². The standard InChI is InChI=1S/C14H20N2O2S/c1-12-5-2-3-7-14(12)19(17,18)16-10-9-15-8-4-6-13(15)11-16/h2-3,5,7,13H,4,6,8-11H2,1H3. The summed E-state index contributed by atoms with van der Waals surface area (Å²) >= 11 is 0. The van der Waals surface area contributed by atoms with Crippen LogP contribution in [0, 0.1) is 6.92 Å². The van der Waals surface area contributed by atoms with Gasteiger partial charge in [0.15, 0.2) is 0 Å². The van der Waals surface area contributed by atoms with Crippen LogP contribution in [0.1, 0.15) is 18.4 Å². The molecule has 104 valence electrons. The highest BCUT2D eigenvalue weighted by Crippen LogP contribution is 2.26. The first-order chi connectivity index (χ1) is 9.09. The van der Waals surface area contributed by atoms with Gasteiger partial charge in [-0.2, -0.15) is 4.31 Å². The first-order valence-electron chi connectivity index (χ1n) is 6.89. The normalized spacial score (nSPS) is 25.4. The largest absolute Gasteiger partial charge is 0.298 e. The summed E-state index contributed by atoms with van der Waals surface area (Å²) in [5.74, 6) is 0. The third-order valence-corrected chi connectivity index (χ3v) is 6.29. The fourth-order valence-corrected chi connectivity index (χ4v) is 4.86. The van der Waals surface area contributed by atoms with Crippen molar-refractivity contribution in [1.29, 1.82) is 0 Å². The predicted molar refractivity (Wildman–Crippen MR) is 74.5 cm³/mol. The molecule has 0 aliphatic carbocycles. The molecule has 2 aliphatic heterocycles. The Morgan fingerprint density at radius 2 is 1.95 bits per heavy atom. The number of nitrogens with zero attached hydrogens (tertiary/aromatic N) is 2. The molecule has 0 N–H and O–H groups in total. The molecule has 2 fully saturated rings. The lowest BCUT2D eigenvalue weighted by molar-refractivity contribution is 0.158. The van der Waals surface area contributed by atoms with Gasteiger partial charge in [0.25, 0.3) is 0 Å². The first kappa shape index (κ1) is 13.1. The van der Waals surface area contributed by atoms with Gasteiger partial charge in [-0.3, -0.25) is 4.90 Å². The van der Waals surface area contributed by atoms with E-state index >= 15 is 0 Å². The summed E-state index contributed by atoms with van der Waals surface area (Å²) in [6.07, 6.45) is 2.32. The Hall–Kier alpha value is -0.910. The predicted octanol–water partition coefficient (Wildman–Crippen LogP) is 1.46. The molecule has 0 spiro atoms. The summed E-state index contributed by atoms with van der Waals surface area (Å²) in [6, 6.07) is 7.67. The molecule has 2 aliphatic rings. The first-order valence-corrected chi connectivity index (χ1v) is 8.33. The van der Waals surface area contributed by atoms with Gasteiger partial charge in [-0.1, -0.05) is 18.2 Å². The van der Waals surface area contributed by atoms with Crippen molar-refractivity contribution in [2.45, 2.75) is 30.7 Å². The minimum Gasteiger partial charge on any atom is -0.298 e. The van der Waals surface area contributed by atoms with Crippen LogP contribution < -0.4 is 0 Å². The van der Waals surface area contributed by atoms with E-state index in [1.54, 1.807) is 16.4 Å². The van der Waals surface area contributed by atoms with Gasteiger partial charge >= 0.3 is 0 Å². The minimum absolute atomic E-state index is 0.424. The fraction of sp³-hybridized carbons (Fsp3) is 0.571. The van der Waals surface area contributed by atoms with E-state index in [9.17, 15) is 8.42 Å². The number of hydrogen-bond acceptors (Lipinski definition) is 3. The van der Waals surface area contributed by atoms with Gasteiger partial charge in [-0.25, -0.2) is 8.42 Å². The van der Waals surface area contributed by atoms with Crippen LogP contribution in [-0.2, 0) is 10.0 Å². The van der Waals surface area contributed by atoms with Crippen LogP contribution in [0.25, 0.3) is 0 Å². The maximum Gasteiger partial charge on any atom is 0.243 e. The van der Waals surface area contributed by atoms with Crippen LogP contribution in [0.3, 0.4) is 0 Å². The molecule has 0 bridgehead atoms. The van der Waals surface area contributed by atoms with Gasteiger partial charge in [0, 0.05) is 25.7 Å².